The number of halogens is 1. The topological polar surface area (TPSA) is 64.7 Å². The van der Waals surface area contributed by atoms with Gasteiger partial charge < -0.3 is 10.5 Å². The average molecular weight is 225 g/mol. The van der Waals surface area contributed by atoms with Gasteiger partial charge in [0, 0.05) is 10.6 Å². The predicted molar refractivity (Wildman–Crippen MR) is 56.5 cm³/mol. The zero-order valence-electron chi connectivity index (χ0n) is 8.03. The van der Waals surface area contributed by atoms with Gasteiger partial charge in [-0.15, -0.1) is 0 Å². The van der Waals surface area contributed by atoms with Crippen molar-refractivity contribution < 1.29 is 9.53 Å². The van der Waals surface area contributed by atoms with Gasteiger partial charge in [0.1, 0.15) is 0 Å². The lowest BCUT2D eigenvalue weighted by molar-refractivity contribution is -0.130. The normalized spacial score (nSPS) is 24.9. The summed E-state index contributed by atoms with van der Waals surface area (Å²) < 4.78 is 5.22. The number of carbonyl (C=O) groups is 1. The average Bonchev–Trinajstić information content (AvgIpc) is 2.42. The summed E-state index contributed by atoms with van der Waals surface area (Å²) in [5.74, 6) is -0.415. The summed E-state index contributed by atoms with van der Waals surface area (Å²) in [5, 5.41) is 0.538. The Labute approximate surface area is 91.7 Å². The van der Waals surface area contributed by atoms with E-state index in [1.165, 1.54) is 0 Å². The van der Waals surface area contributed by atoms with E-state index in [2.05, 4.69) is 4.99 Å². The van der Waals surface area contributed by atoms with Crippen LogP contribution >= 0.6 is 11.6 Å². The highest BCUT2D eigenvalue weighted by Gasteiger charge is 2.43. The number of amidine groups is 1. The lowest BCUT2D eigenvalue weighted by Gasteiger charge is -2.21. The minimum absolute atomic E-state index is 0.109. The summed E-state index contributed by atoms with van der Waals surface area (Å²) in [6.07, 6.45) is 0. The molecule has 78 valence electrons. The van der Waals surface area contributed by atoms with Crippen LogP contribution in [-0.2, 0) is 15.1 Å². The van der Waals surface area contributed by atoms with Crippen LogP contribution in [0.25, 0.3) is 0 Å². The van der Waals surface area contributed by atoms with Gasteiger partial charge in [-0.05, 0) is 19.1 Å². The standard InChI is InChI=1S/C10H9ClN2O2/c1-10(8(14)13-9(12)15-10)6-3-2-4-7(11)5-6/h2-5H,1H3,(H2,12,13,14). The number of carbonyl (C=O) groups excluding carboxylic acids is 1. The van der Waals surface area contributed by atoms with Crippen molar-refractivity contribution in [2.24, 2.45) is 10.7 Å². The van der Waals surface area contributed by atoms with Crippen molar-refractivity contribution in [2.45, 2.75) is 12.5 Å². The first-order valence-electron chi connectivity index (χ1n) is 4.36. The summed E-state index contributed by atoms with van der Waals surface area (Å²) in [7, 11) is 0. The largest absolute Gasteiger partial charge is 0.444 e. The van der Waals surface area contributed by atoms with Gasteiger partial charge in [0.05, 0.1) is 0 Å². The van der Waals surface area contributed by atoms with Crippen molar-refractivity contribution in [1.82, 2.24) is 0 Å². The van der Waals surface area contributed by atoms with Crippen LogP contribution in [0.5, 0.6) is 0 Å². The van der Waals surface area contributed by atoms with E-state index in [0.29, 0.717) is 10.6 Å². The van der Waals surface area contributed by atoms with Crippen LogP contribution in [0.3, 0.4) is 0 Å². The highest BCUT2D eigenvalue weighted by molar-refractivity contribution is 6.30. The number of benzene rings is 1. The number of ether oxygens (including phenoxy) is 1. The molecule has 0 aliphatic carbocycles. The first-order chi connectivity index (χ1) is 7.02. The van der Waals surface area contributed by atoms with Crippen LogP contribution in [0.4, 0.5) is 0 Å². The molecule has 2 rings (SSSR count). The van der Waals surface area contributed by atoms with Gasteiger partial charge in [0.25, 0.3) is 11.9 Å². The first-order valence-corrected chi connectivity index (χ1v) is 4.74. The second kappa shape index (κ2) is 3.24. The van der Waals surface area contributed by atoms with E-state index >= 15 is 0 Å². The molecule has 0 saturated carbocycles. The number of nitrogens with two attached hydrogens (primary N) is 1. The molecular formula is C10H9ClN2O2. The molecule has 1 atom stereocenters. The fourth-order valence-electron chi connectivity index (χ4n) is 1.45. The van der Waals surface area contributed by atoms with Crippen LogP contribution in [0.15, 0.2) is 29.3 Å². The zero-order chi connectivity index (χ0) is 11.1. The third kappa shape index (κ3) is 1.57. The van der Waals surface area contributed by atoms with Crippen molar-refractivity contribution >= 4 is 23.5 Å². The summed E-state index contributed by atoms with van der Waals surface area (Å²) in [6.45, 7) is 1.62. The summed E-state index contributed by atoms with van der Waals surface area (Å²) in [4.78, 5) is 15.1. The Morgan fingerprint density at radius 1 is 1.53 bits per heavy atom. The molecule has 0 spiro atoms. The molecule has 0 radical (unpaired) electrons. The molecule has 1 aliphatic heterocycles. The Morgan fingerprint density at radius 2 is 2.27 bits per heavy atom. The van der Waals surface area contributed by atoms with E-state index in [1.807, 2.05) is 0 Å². The van der Waals surface area contributed by atoms with E-state index in [1.54, 1.807) is 31.2 Å². The van der Waals surface area contributed by atoms with Gasteiger partial charge >= 0.3 is 0 Å². The summed E-state index contributed by atoms with van der Waals surface area (Å²) >= 11 is 5.83. The van der Waals surface area contributed by atoms with Gasteiger partial charge in [0.2, 0.25) is 5.60 Å². The molecule has 1 aromatic carbocycles. The smallest absolute Gasteiger partial charge is 0.298 e. The molecule has 1 amide bonds. The van der Waals surface area contributed by atoms with Crippen molar-refractivity contribution in [1.29, 1.82) is 0 Å². The second-order valence-corrected chi connectivity index (χ2v) is 3.84. The lowest BCUT2D eigenvalue weighted by Crippen LogP contribution is -2.31. The molecule has 1 unspecified atom stereocenters. The van der Waals surface area contributed by atoms with Crippen LogP contribution < -0.4 is 5.73 Å². The second-order valence-electron chi connectivity index (χ2n) is 3.40. The van der Waals surface area contributed by atoms with E-state index < -0.39 is 11.5 Å². The Kier molecular flexibility index (Phi) is 2.16. The van der Waals surface area contributed by atoms with Crippen molar-refractivity contribution in [3.63, 3.8) is 0 Å². The molecular weight excluding hydrogens is 216 g/mol. The SMILES string of the molecule is CC1(c2cccc(Cl)c2)OC(N)=NC1=O. The molecule has 1 aromatic rings. The van der Waals surface area contributed by atoms with Gasteiger partial charge in [-0.1, -0.05) is 23.7 Å². The van der Waals surface area contributed by atoms with Gasteiger partial charge in [-0.25, -0.2) is 0 Å². The third-order valence-corrected chi connectivity index (χ3v) is 2.54. The highest BCUT2D eigenvalue weighted by atomic mass is 35.5. The third-order valence-electron chi connectivity index (χ3n) is 2.30. The number of hydrogen-bond acceptors (Lipinski definition) is 3. The van der Waals surface area contributed by atoms with Crippen molar-refractivity contribution in [3.05, 3.63) is 34.9 Å². The molecule has 0 fully saturated rings. The molecule has 0 bridgehead atoms. The molecule has 0 aromatic heterocycles. The Morgan fingerprint density at radius 3 is 2.80 bits per heavy atom. The van der Waals surface area contributed by atoms with E-state index in [-0.39, 0.29) is 6.02 Å². The van der Waals surface area contributed by atoms with Gasteiger partial charge in [-0.3, -0.25) is 4.79 Å². The molecule has 0 saturated heterocycles. The van der Waals surface area contributed by atoms with Crippen LogP contribution in [0.1, 0.15) is 12.5 Å². The number of nitrogens with zero attached hydrogens (tertiary/aromatic N) is 1. The molecule has 1 heterocycles. The number of amides is 1. The van der Waals surface area contributed by atoms with Crippen molar-refractivity contribution in [3.8, 4) is 0 Å². The number of rotatable bonds is 1. The maximum atomic E-state index is 11.6. The van der Waals surface area contributed by atoms with Gasteiger partial charge in [0.15, 0.2) is 0 Å². The highest BCUT2D eigenvalue weighted by Crippen LogP contribution is 2.31. The first kappa shape index (κ1) is 9.98. The summed E-state index contributed by atoms with van der Waals surface area (Å²) in [5.41, 5.74) is 4.85. The quantitative estimate of drug-likeness (QED) is 0.785. The lowest BCUT2D eigenvalue weighted by atomic mass is 9.95. The molecule has 1 aliphatic rings. The fourth-order valence-corrected chi connectivity index (χ4v) is 1.64. The van der Waals surface area contributed by atoms with E-state index in [9.17, 15) is 4.79 Å². The monoisotopic (exact) mass is 224 g/mol. The van der Waals surface area contributed by atoms with Crippen molar-refractivity contribution in [2.75, 3.05) is 0 Å². The molecule has 2 N–H and O–H groups in total. The maximum Gasteiger partial charge on any atom is 0.298 e. The van der Waals surface area contributed by atoms with Crippen LogP contribution in [0, 0.1) is 0 Å². The Balaban J connectivity index is 2.44. The van der Waals surface area contributed by atoms with E-state index in [4.69, 9.17) is 22.1 Å². The number of hydrogen-bond donors (Lipinski definition) is 1. The van der Waals surface area contributed by atoms with E-state index in [0.717, 1.165) is 0 Å². The van der Waals surface area contributed by atoms with Crippen LogP contribution in [-0.4, -0.2) is 11.9 Å². The Hall–Kier alpha value is -1.55. The summed E-state index contributed by atoms with van der Waals surface area (Å²) in [6, 6.07) is 6.76. The predicted octanol–water partition coefficient (Wildman–Crippen LogP) is 1.43. The Bertz CT molecular complexity index is 458. The maximum absolute atomic E-state index is 11.6. The van der Waals surface area contributed by atoms with Gasteiger partial charge in [-0.2, -0.15) is 4.99 Å². The minimum atomic E-state index is -1.14. The molecule has 4 nitrogen and oxygen atoms in total. The molecule has 15 heavy (non-hydrogen) atoms. The number of aliphatic imine (C=N–C) groups is 1. The fraction of sp³-hybridized carbons (Fsp3) is 0.200. The molecule has 5 heteroatoms. The van der Waals surface area contributed by atoms with Crippen LogP contribution in [0.2, 0.25) is 5.02 Å². The minimum Gasteiger partial charge on any atom is -0.444 e. The zero-order valence-corrected chi connectivity index (χ0v) is 8.78.